The van der Waals surface area contributed by atoms with Crippen molar-refractivity contribution < 1.29 is 23.8 Å². The van der Waals surface area contributed by atoms with E-state index in [1.54, 1.807) is 30.2 Å². The molecule has 2 aliphatic rings. The van der Waals surface area contributed by atoms with Crippen LogP contribution in [0.2, 0.25) is 0 Å². The highest BCUT2D eigenvalue weighted by Crippen LogP contribution is 2.30. The number of ether oxygens (including phenoxy) is 3. The van der Waals surface area contributed by atoms with Crippen LogP contribution >= 0.6 is 0 Å². The quantitative estimate of drug-likeness (QED) is 0.899. The fourth-order valence-corrected chi connectivity index (χ4v) is 3.27. The van der Waals surface area contributed by atoms with Crippen LogP contribution < -0.4 is 14.8 Å². The molecule has 1 N–H and O–H groups in total. The van der Waals surface area contributed by atoms with Crippen molar-refractivity contribution >= 4 is 17.5 Å². The monoisotopic (exact) mass is 368 g/mol. The van der Waals surface area contributed by atoms with Gasteiger partial charge in [0, 0.05) is 12.1 Å². The minimum Gasteiger partial charge on any atom is -0.497 e. The highest BCUT2D eigenvalue weighted by atomic mass is 16.5. The first-order valence-corrected chi connectivity index (χ1v) is 8.75. The number of carbonyl (C=O) groups excluding carboxylic acids is 2. The summed E-state index contributed by atoms with van der Waals surface area (Å²) in [7, 11) is 1.62. The molecule has 0 bridgehead atoms. The van der Waals surface area contributed by atoms with E-state index in [2.05, 4.69) is 5.32 Å². The van der Waals surface area contributed by atoms with E-state index in [1.807, 2.05) is 24.3 Å². The summed E-state index contributed by atoms with van der Waals surface area (Å²) >= 11 is 0. The van der Waals surface area contributed by atoms with Crippen LogP contribution in [0.3, 0.4) is 0 Å². The van der Waals surface area contributed by atoms with E-state index >= 15 is 0 Å². The van der Waals surface area contributed by atoms with Crippen LogP contribution in [0.5, 0.6) is 11.5 Å². The molecule has 0 spiro atoms. The standard InChI is InChI=1S/C20H20N2O5/c1-25-15-4-2-3-13(9-15)18-11-22(7-8-26-18)20(24)14-5-6-16-17(10-14)27-12-19(23)21-16/h2-6,9-10,18H,7-8,11-12H2,1H3,(H,21,23). The van der Waals surface area contributed by atoms with E-state index in [9.17, 15) is 9.59 Å². The fraction of sp³-hybridized carbons (Fsp3) is 0.300. The summed E-state index contributed by atoms with van der Waals surface area (Å²) in [6.45, 7) is 1.40. The molecule has 2 amide bonds. The zero-order valence-electron chi connectivity index (χ0n) is 14.9. The van der Waals surface area contributed by atoms with Crippen molar-refractivity contribution in [1.29, 1.82) is 0 Å². The highest BCUT2D eigenvalue weighted by molar-refractivity contribution is 5.99. The Morgan fingerprint density at radius 2 is 2.15 bits per heavy atom. The van der Waals surface area contributed by atoms with E-state index < -0.39 is 0 Å². The average Bonchev–Trinajstić information content (AvgIpc) is 2.73. The van der Waals surface area contributed by atoms with Crippen molar-refractivity contribution in [3.63, 3.8) is 0 Å². The molecule has 1 unspecified atom stereocenters. The molecule has 7 heteroatoms. The van der Waals surface area contributed by atoms with Crippen molar-refractivity contribution in [2.45, 2.75) is 6.10 Å². The average molecular weight is 368 g/mol. The van der Waals surface area contributed by atoms with Crippen LogP contribution in [0.1, 0.15) is 22.0 Å². The number of nitrogens with one attached hydrogen (secondary N) is 1. The lowest BCUT2D eigenvalue weighted by Gasteiger charge is -2.33. The molecule has 0 aromatic heterocycles. The van der Waals surface area contributed by atoms with E-state index in [0.29, 0.717) is 36.7 Å². The molecule has 1 fully saturated rings. The van der Waals surface area contributed by atoms with Gasteiger partial charge in [-0.2, -0.15) is 0 Å². The SMILES string of the molecule is COc1cccc(C2CN(C(=O)c3ccc4c(c3)OCC(=O)N4)CCO2)c1. The summed E-state index contributed by atoms with van der Waals surface area (Å²) in [4.78, 5) is 26.1. The Labute approximate surface area is 156 Å². The fourth-order valence-electron chi connectivity index (χ4n) is 3.27. The lowest BCUT2D eigenvalue weighted by Crippen LogP contribution is -2.42. The molecule has 4 rings (SSSR count). The van der Waals surface area contributed by atoms with Gasteiger partial charge in [0.1, 0.15) is 17.6 Å². The van der Waals surface area contributed by atoms with E-state index in [-0.39, 0.29) is 24.5 Å². The molecular weight excluding hydrogens is 348 g/mol. The highest BCUT2D eigenvalue weighted by Gasteiger charge is 2.27. The number of anilines is 1. The number of hydrogen-bond donors (Lipinski definition) is 1. The van der Waals surface area contributed by atoms with Gasteiger partial charge in [0.15, 0.2) is 6.61 Å². The van der Waals surface area contributed by atoms with E-state index in [4.69, 9.17) is 14.2 Å². The zero-order valence-corrected chi connectivity index (χ0v) is 14.9. The van der Waals surface area contributed by atoms with Gasteiger partial charge in [-0.1, -0.05) is 12.1 Å². The number of carbonyl (C=O) groups is 2. The van der Waals surface area contributed by atoms with Gasteiger partial charge in [-0.25, -0.2) is 0 Å². The first-order chi connectivity index (χ1) is 13.1. The Morgan fingerprint density at radius 3 is 3.00 bits per heavy atom. The maximum absolute atomic E-state index is 13.0. The maximum Gasteiger partial charge on any atom is 0.262 e. The second-order valence-electron chi connectivity index (χ2n) is 6.44. The molecule has 27 heavy (non-hydrogen) atoms. The van der Waals surface area contributed by atoms with Gasteiger partial charge in [-0.05, 0) is 35.9 Å². The van der Waals surface area contributed by atoms with Crippen LogP contribution in [0.4, 0.5) is 5.69 Å². The van der Waals surface area contributed by atoms with Gasteiger partial charge in [0.2, 0.25) is 0 Å². The predicted octanol–water partition coefficient (Wildman–Crippen LogP) is 2.24. The van der Waals surface area contributed by atoms with Crippen molar-refractivity contribution in [2.24, 2.45) is 0 Å². The van der Waals surface area contributed by atoms with E-state index in [1.165, 1.54) is 0 Å². The van der Waals surface area contributed by atoms with Crippen molar-refractivity contribution in [1.82, 2.24) is 4.90 Å². The lowest BCUT2D eigenvalue weighted by atomic mass is 10.1. The van der Waals surface area contributed by atoms with Crippen LogP contribution in [-0.4, -0.2) is 50.1 Å². The molecular formula is C20H20N2O5. The summed E-state index contributed by atoms with van der Waals surface area (Å²) in [5, 5.41) is 2.72. The second-order valence-corrected chi connectivity index (χ2v) is 6.44. The third-order valence-electron chi connectivity index (χ3n) is 4.68. The molecule has 0 aliphatic carbocycles. The molecule has 2 aromatic rings. The van der Waals surface area contributed by atoms with Gasteiger partial charge in [0.05, 0.1) is 25.9 Å². The summed E-state index contributed by atoms with van der Waals surface area (Å²) in [5.74, 6) is 0.983. The first kappa shape index (κ1) is 17.4. The normalized spacial score (nSPS) is 18.9. The Hall–Kier alpha value is -3.06. The topological polar surface area (TPSA) is 77.1 Å². The van der Waals surface area contributed by atoms with Crippen LogP contribution in [0.15, 0.2) is 42.5 Å². The number of morpholine rings is 1. The number of benzene rings is 2. The smallest absolute Gasteiger partial charge is 0.262 e. The number of hydrogen-bond acceptors (Lipinski definition) is 5. The first-order valence-electron chi connectivity index (χ1n) is 8.75. The van der Waals surface area contributed by atoms with Crippen molar-refractivity contribution in [3.8, 4) is 11.5 Å². The number of fused-ring (bicyclic) bond motifs is 1. The number of rotatable bonds is 3. The third-order valence-corrected chi connectivity index (χ3v) is 4.68. The summed E-state index contributed by atoms with van der Waals surface area (Å²) in [6, 6.07) is 12.7. The number of nitrogens with zero attached hydrogens (tertiary/aromatic N) is 1. The molecule has 2 heterocycles. The lowest BCUT2D eigenvalue weighted by molar-refractivity contribution is -0.118. The molecule has 7 nitrogen and oxygen atoms in total. The molecule has 2 aromatic carbocycles. The molecule has 140 valence electrons. The zero-order chi connectivity index (χ0) is 18.8. The summed E-state index contributed by atoms with van der Waals surface area (Å²) < 4.78 is 16.5. The Bertz CT molecular complexity index is 882. The molecule has 0 saturated carbocycles. The van der Waals surface area contributed by atoms with Crippen molar-refractivity contribution in [2.75, 3.05) is 38.7 Å². The minimum absolute atomic E-state index is 0.0416. The third kappa shape index (κ3) is 3.59. The van der Waals surface area contributed by atoms with Crippen LogP contribution in [0.25, 0.3) is 0 Å². The Kier molecular flexibility index (Phi) is 4.68. The Morgan fingerprint density at radius 1 is 1.26 bits per heavy atom. The molecule has 0 radical (unpaired) electrons. The van der Waals surface area contributed by atoms with Gasteiger partial charge in [0.25, 0.3) is 11.8 Å². The number of methoxy groups -OCH3 is 1. The number of amides is 2. The van der Waals surface area contributed by atoms with Gasteiger partial charge >= 0.3 is 0 Å². The molecule has 2 aliphatic heterocycles. The maximum atomic E-state index is 13.0. The van der Waals surface area contributed by atoms with Crippen LogP contribution in [0, 0.1) is 0 Å². The van der Waals surface area contributed by atoms with Gasteiger partial charge < -0.3 is 24.4 Å². The predicted molar refractivity (Wildman–Crippen MR) is 98.2 cm³/mol. The van der Waals surface area contributed by atoms with Gasteiger partial charge in [-0.15, -0.1) is 0 Å². The largest absolute Gasteiger partial charge is 0.497 e. The molecule has 1 saturated heterocycles. The molecule has 1 atom stereocenters. The van der Waals surface area contributed by atoms with E-state index in [0.717, 1.165) is 11.3 Å². The summed E-state index contributed by atoms with van der Waals surface area (Å²) in [6.07, 6.45) is -0.203. The second kappa shape index (κ2) is 7.28. The summed E-state index contributed by atoms with van der Waals surface area (Å²) in [5.41, 5.74) is 2.08. The van der Waals surface area contributed by atoms with Crippen molar-refractivity contribution in [3.05, 3.63) is 53.6 Å². The van der Waals surface area contributed by atoms with Gasteiger partial charge in [-0.3, -0.25) is 9.59 Å². The Balaban J connectivity index is 1.51. The van der Waals surface area contributed by atoms with Crippen LogP contribution in [-0.2, 0) is 9.53 Å². The minimum atomic E-state index is -0.203.